The van der Waals surface area contributed by atoms with Gasteiger partial charge in [-0.25, -0.2) is 4.79 Å². The van der Waals surface area contributed by atoms with Gasteiger partial charge in [0, 0.05) is 6.54 Å². The summed E-state index contributed by atoms with van der Waals surface area (Å²) in [6, 6.07) is 7.64. The van der Waals surface area contributed by atoms with Crippen LogP contribution in [-0.2, 0) is 20.7 Å². The summed E-state index contributed by atoms with van der Waals surface area (Å²) in [6.07, 6.45) is -0.629. The SMILES string of the molecule is CC(C)(C)OC(=O)NCC(=O)NCc1cccc(BOC(C)(C)C(C)(C)O)c1. The van der Waals surface area contributed by atoms with Crippen molar-refractivity contribution < 1.29 is 24.1 Å². The van der Waals surface area contributed by atoms with Crippen LogP contribution in [-0.4, -0.2) is 47.9 Å². The van der Waals surface area contributed by atoms with Gasteiger partial charge in [0.2, 0.25) is 5.91 Å². The van der Waals surface area contributed by atoms with Crippen LogP contribution in [0.2, 0.25) is 0 Å². The van der Waals surface area contributed by atoms with Gasteiger partial charge in [-0.2, -0.15) is 0 Å². The van der Waals surface area contributed by atoms with Crippen molar-refractivity contribution in [2.75, 3.05) is 6.54 Å². The van der Waals surface area contributed by atoms with Crippen molar-refractivity contribution in [1.29, 1.82) is 0 Å². The molecule has 7 nitrogen and oxygen atoms in total. The highest BCUT2D eigenvalue weighted by Crippen LogP contribution is 2.24. The van der Waals surface area contributed by atoms with Gasteiger partial charge in [0.1, 0.15) is 12.1 Å². The number of alkyl carbamates (subject to hydrolysis) is 1. The molecule has 0 bridgehead atoms. The lowest BCUT2D eigenvalue weighted by Crippen LogP contribution is -2.49. The lowest BCUT2D eigenvalue weighted by Gasteiger charge is -2.37. The topological polar surface area (TPSA) is 96.9 Å². The summed E-state index contributed by atoms with van der Waals surface area (Å²) >= 11 is 0. The number of hydrogen-bond acceptors (Lipinski definition) is 5. The molecule has 1 aromatic carbocycles. The smallest absolute Gasteiger partial charge is 0.408 e. The molecule has 0 spiro atoms. The number of benzene rings is 1. The molecule has 28 heavy (non-hydrogen) atoms. The van der Waals surface area contributed by atoms with E-state index in [2.05, 4.69) is 10.6 Å². The van der Waals surface area contributed by atoms with Gasteiger partial charge in [0.15, 0.2) is 0 Å². The lowest BCUT2D eigenvalue weighted by atomic mass is 9.82. The van der Waals surface area contributed by atoms with Gasteiger partial charge < -0.3 is 25.1 Å². The van der Waals surface area contributed by atoms with E-state index in [0.29, 0.717) is 14.0 Å². The second kappa shape index (κ2) is 9.43. The Kier molecular flexibility index (Phi) is 8.08. The van der Waals surface area contributed by atoms with Crippen LogP contribution in [0.3, 0.4) is 0 Å². The van der Waals surface area contributed by atoms with Crippen molar-refractivity contribution in [3.8, 4) is 0 Å². The molecule has 2 amide bonds. The van der Waals surface area contributed by atoms with E-state index in [1.807, 2.05) is 38.1 Å². The molecular weight excluding hydrogens is 359 g/mol. The molecule has 3 N–H and O–H groups in total. The van der Waals surface area contributed by atoms with Crippen molar-refractivity contribution >= 4 is 24.9 Å². The number of rotatable bonds is 8. The minimum Gasteiger partial charge on any atom is -0.444 e. The Morgan fingerprint density at radius 2 is 1.71 bits per heavy atom. The van der Waals surface area contributed by atoms with Crippen LogP contribution in [0, 0.1) is 0 Å². The standard InChI is InChI=1S/C20H33BN2O5/c1-18(2,3)27-17(25)23-13-16(24)22-12-14-9-8-10-15(11-14)21-28-20(6,7)19(4,5)26/h8-11,21,26H,12-13H2,1-7H3,(H,22,24)(H,23,25). The van der Waals surface area contributed by atoms with E-state index in [0.717, 1.165) is 11.0 Å². The lowest BCUT2D eigenvalue weighted by molar-refractivity contribution is -0.120. The quantitative estimate of drug-likeness (QED) is 0.581. The molecular formula is C20H33BN2O5. The van der Waals surface area contributed by atoms with Gasteiger partial charge in [-0.1, -0.05) is 29.7 Å². The Bertz CT molecular complexity index is 678. The van der Waals surface area contributed by atoms with Gasteiger partial charge in [-0.3, -0.25) is 4.79 Å². The number of nitrogens with one attached hydrogen (secondary N) is 2. The summed E-state index contributed by atoms with van der Waals surface area (Å²) in [5.41, 5.74) is -0.434. The third kappa shape index (κ3) is 8.76. The van der Waals surface area contributed by atoms with Crippen molar-refractivity contribution in [2.45, 2.75) is 71.8 Å². The maximum absolute atomic E-state index is 11.9. The fraction of sp³-hybridized carbons (Fsp3) is 0.600. The second-order valence-corrected chi connectivity index (χ2v) is 8.81. The van der Waals surface area contributed by atoms with Crippen LogP contribution in [0.4, 0.5) is 4.79 Å². The molecule has 8 heteroatoms. The molecule has 0 aliphatic heterocycles. The third-order valence-corrected chi connectivity index (χ3v) is 4.35. The van der Waals surface area contributed by atoms with Gasteiger partial charge >= 0.3 is 13.6 Å². The Balaban J connectivity index is 2.48. The van der Waals surface area contributed by atoms with Crippen molar-refractivity contribution in [3.05, 3.63) is 29.8 Å². The van der Waals surface area contributed by atoms with Crippen LogP contribution < -0.4 is 16.1 Å². The van der Waals surface area contributed by atoms with E-state index >= 15 is 0 Å². The second-order valence-electron chi connectivity index (χ2n) is 8.81. The average molecular weight is 392 g/mol. The number of ether oxygens (including phenoxy) is 1. The summed E-state index contributed by atoms with van der Waals surface area (Å²) in [7, 11) is 0.346. The molecule has 0 saturated carbocycles. The highest BCUT2D eigenvalue weighted by molar-refractivity contribution is 6.47. The minimum atomic E-state index is -0.972. The fourth-order valence-corrected chi connectivity index (χ4v) is 2.00. The van der Waals surface area contributed by atoms with Gasteiger partial charge in [-0.05, 0) is 54.0 Å². The summed E-state index contributed by atoms with van der Waals surface area (Å²) < 4.78 is 10.9. The number of amides is 2. The largest absolute Gasteiger partial charge is 0.444 e. The maximum atomic E-state index is 11.9. The highest BCUT2D eigenvalue weighted by Gasteiger charge is 2.35. The van der Waals surface area contributed by atoms with E-state index < -0.39 is 22.9 Å². The predicted molar refractivity (Wildman–Crippen MR) is 111 cm³/mol. The Hall–Kier alpha value is -2.06. The zero-order valence-electron chi connectivity index (χ0n) is 18.0. The summed E-state index contributed by atoms with van der Waals surface area (Å²) in [5, 5.41) is 15.3. The monoisotopic (exact) mass is 392 g/mol. The molecule has 0 saturated heterocycles. The zero-order chi connectivity index (χ0) is 21.6. The van der Waals surface area contributed by atoms with Crippen molar-refractivity contribution in [1.82, 2.24) is 10.6 Å². The molecule has 0 aliphatic carbocycles. The van der Waals surface area contributed by atoms with Crippen LogP contribution >= 0.6 is 0 Å². The normalized spacial score (nSPS) is 12.3. The Labute approximate surface area is 168 Å². The van der Waals surface area contributed by atoms with Gasteiger partial charge in [-0.15, -0.1) is 0 Å². The van der Waals surface area contributed by atoms with Crippen molar-refractivity contribution in [2.24, 2.45) is 0 Å². The van der Waals surface area contributed by atoms with E-state index in [1.54, 1.807) is 34.6 Å². The van der Waals surface area contributed by atoms with Crippen LogP contribution in [0.15, 0.2) is 24.3 Å². The zero-order valence-corrected chi connectivity index (χ0v) is 18.0. The first-order valence-electron chi connectivity index (χ1n) is 9.37. The minimum absolute atomic E-state index is 0.155. The third-order valence-electron chi connectivity index (χ3n) is 4.35. The molecule has 0 heterocycles. The molecule has 0 atom stereocenters. The number of carbonyl (C=O) groups excluding carboxylic acids is 2. The van der Waals surface area contributed by atoms with Crippen molar-refractivity contribution in [3.63, 3.8) is 0 Å². The average Bonchev–Trinajstić information content (AvgIpc) is 2.54. The number of hydrogen-bond donors (Lipinski definition) is 3. The summed E-state index contributed by atoms with van der Waals surface area (Å²) in [5.74, 6) is -0.310. The molecule has 0 radical (unpaired) electrons. The Morgan fingerprint density at radius 3 is 2.29 bits per heavy atom. The van der Waals surface area contributed by atoms with E-state index in [1.165, 1.54) is 0 Å². The van der Waals surface area contributed by atoms with Gasteiger partial charge in [0.05, 0.1) is 11.2 Å². The molecule has 1 aromatic rings. The Morgan fingerprint density at radius 1 is 1.07 bits per heavy atom. The molecule has 0 fully saturated rings. The highest BCUT2D eigenvalue weighted by atomic mass is 16.6. The fourth-order valence-electron chi connectivity index (χ4n) is 2.00. The first-order chi connectivity index (χ1) is 12.7. The first kappa shape index (κ1) is 24.0. The van der Waals surface area contributed by atoms with Gasteiger partial charge in [0.25, 0.3) is 0 Å². The molecule has 0 aromatic heterocycles. The van der Waals surface area contributed by atoms with Crippen LogP contribution in [0.5, 0.6) is 0 Å². The maximum Gasteiger partial charge on any atom is 0.408 e. The molecule has 1 rings (SSSR count). The van der Waals surface area contributed by atoms with E-state index in [-0.39, 0.29) is 12.5 Å². The summed E-state index contributed by atoms with van der Waals surface area (Å²) in [6.45, 7) is 12.6. The molecule has 0 aliphatic rings. The predicted octanol–water partition coefficient (Wildman–Crippen LogP) is 1.37. The molecule has 0 unspecified atom stereocenters. The van der Waals surface area contributed by atoms with Crippen LogP contribution in [0.1, 0.15) is 54.0 Å². The molecule has 156 valence electrons. The summed E-state index contributed by atoms with van der Waals surface area (Å²) in [4.78, 5) is 23.5. The van der Waals surface area contributed by atoms with Crippen LogP contribution in [0.25, 0.3) is 0 Å². The first-order valence-corrected chi connectivity index (χ1v) is 9.37. The van der Waals surface area contributed by atoms with E-state index in [4.69, 9.17) is 9.39 Å². The number of carbonyl (C=O) groups is 2. The van der Waals surface area contributed by atoms with E-state index in [9.17, 15) is 14.7 Å². The number of aliphatic hydroxyl groups is 1.